The molecule has 2 aromatic carbocycles. The fourth-order valence-electron chi connectivity index (χ4n) is 5.25. The molecule has 0 radical (unpaired) electrons. The van der Waals surface area contributed by atoms with Gasteiger partial charge in [-0.05, 0) is 67.6 Å². The van der Waals surface area contributed by atoms with Crippen LogP contribution in [0.5, 0.6) is 17.2 Å². The molecule has 2 aliphatic heterocycles. The first kappa shape index (κ1) is 30.4. The highest BCUT2D eigenvalue weighted by Gasteiger charge is 2.46. The maximum Gasteiger partial charge on any atom is 0.295 e. The average Bonchev–Trinajstić information content (AvgIpc) is 3.22. The van der Waals surface area contributed by atoms with Gasteiger partial charge in [-0.3, -0.25) is 14.5 Å². The molecule has 9 heteroatoms. The maximum atomic E-state index is 13.5. The molecule has 4 rings (SSSR count). The number of benzene rings is 2. The lowest BCUT2D eigenvalue weighted by Gasteiger charge is -2.29. The van der Waals surface area contributed by atoms with Gasteiger partial charge < -0.3 is 29.0 Å². The number of aliphatic hydroxyl groups is 1. The first-order valence-corrected chi connectivity index (χ1v) is 14.4. The normalized spacial score (nSPS) is 19.2. The molecule has 0 spiro atoms. The van der Waals surface area contributed by atoms with Crippen LogP contribution < -0.4 is 14.2 Å². The summed E-state index contributed by atoms with van der Waals surface area (Å²) in [4.78, 5) is 30.8. The van der Waals surface area contributed by atoms with Gasteiger partial charge in [0, 0.05) is 31.7 Å². The smallest absolute Gasteiger partial charge is 0.295 e. The van der Waals surface area contributed by atoms with E-state index in [1.54, 1.807) is 42.3 Å². The topological polar surface area (TPSA) is 97.8 Å². The average molecular weight is 567 g/mol. The Morgan fingerprint density at radius 3 is 2.41 bits per heavy atom. The molecule has 0 bridgehead atoms. The van der Waals surface area contributed by atoms with Crippen LogP contribution in [-0.4, -0.2) is 86.3 Å². The van der Waals surface area contributed by atoms with Crippen LogP contribution >= 0.6 is 0 Å². The van der Waals surface area contributed by atoms with Crippen molar-refractivity contribution >= 4 is 17.4 Å². The molecular weight excluding hydrogens is 524 g/mol. The largest absolute Gasteiger partial charge is 0.507 e. The Morgan fingerprint density at radius 1 is 1.02 bits per heavy atom. The summed E-state index contributed by atoms with van der Waals surface area (Å²) in [5.41, 5.74) is 2.00. The molecule has 0 saturated carbocycles. The predicted octanol–water partition coefficient (Wildman–Crippen LogP) is 4.58. The molecule has 1 atom stereocenters. The zero-order valence-electron chi connectivity index (χ0n) is 24.8. The van der Waals surface area contributed by atoms with Gasteiger partial charge in [0.15, 0.2) is 11.5 Å². The third-order valence-corrected chi connectivity index (χ3v) is 7.34. The molecule has 41 heavy (non-hydrogen) atoms. The van der Waals surface area contributed by atoms with E-state index in [4.69, 9.17) is 18.9 Å². The van der Waals surface area contributed by atoms with Gasteiger partial charge in [-0.15, -0.1) is 0 Å². The number of ketones is 1. The van der Waals surface area contributed by atoms with Gasteiger partial charge in [-0.25, -0.2) is 0 Å². The molecule has 2 saturated heterocycles. The Morgan fingerprint density at radius 2 is 1.76 bits per heavy atom. The van der Waals surface area contributed by atoms with Crippen molar-refractivity contribution in [1.82, 2.24) is 9.80 Å². The number of carbonyl (C=O) groups excluding carboxylic acids is 2. The van der Waals surface area contributed by atoms with Gasteiger partial charge in [0.1, 0.15) is 11.5 Å². The summed E-state index contributed by atoms with van der Waals surface area (Å²) in [6, 6.07) is 9.89. The number of aryl methyl sites for hydroxylation is 1. The second-order valence-electron chi connectivity index (χ2n) is 10.8. The molecule has 0 aliphatic carbocycles. The van der Waals surface area contributed by atoms with Crippen molar-refractivity contribution < 1.29 is 33.6 Å². The van der Waals surface area contributed by atoms with Gasteiger partial charge in [0.25, 0.3) is 11.7 Å². The quantitative estimate of drug-likeness (QED) is 0.227. The minimum absolute atomic E-state index is 0.0582. The summed E-state index contributed by atoms with van der Waals surface area (Å²) in [6.45, 7) is 13.2. The molecule has 0 aromatic heterocycles. The van der Waals surface area contributed by atoms with Crippen molar-refractivity contribution in [2.24, 2.45) is 5.92 Å². The maximum absolute atomic E-state index is 13.5. The van der Waals surface area contributed by atoms with Crippen LogP contribution in [0.4, 0.5) is 0 Å². The molecule has 1 amide bonds. The first-order chi connectivity index (χ1) is 19.7. The van der Waals surface area contributed by atoms with Gasteiger partial charge in [-0.2, -0.15) is 0 Å². The van der Waals surface area contributed by atoms with Crippen molar-refractivity contribution in [3.05, 3.63) is 58.7 Å². The number of rotatable bonds is 12. The van der Waals surface area contributed by atoms with Crippen molar-refractivity contribution in [3.8, 4) is 17.2 Å². The summed E-state index contributed by atoms with van der Waals surface area (Å²) < 4.78 is 22.6. The van der Waals surface area contributed by atoms with Gasteiger partial charge in [0.2, 0.25) is 0 Å². The van der Waals surface area contributed by atoms with E-state index in [9.17, 15) is 14.7 Å². The van der Waals surface area contributed by atoms with E-state index in [1.807, 2.05) is 19.9 Å². The monoisotopic (exact) mass is 566 g/mol. The number of hydrogen-bond acceptors (Lipinski definition) is 8. The van der Waals surface area contributed by atoms with Crippen LogP contribution in [-0.2, 0) is 14.3 Å². The number of hydrogen-bond donors (Lipinski definition) is 1. The minimum Gasteiger partial charge on any atom is -0.507 e. The van der Waals surface area contributed by atoms with Gasteiger partial charge >= 0.3 is 0 Å². The molecule has 1 N–H and O–H groups in total. The SMILES string of the molecule is CCOc1ccc(C2/C(=C(/O)c3ccc(OCC(C)C)c(C)c3)C(=O)C(=O)N2CCCN2CCOCC2)cc1OC. The van der Waals surface area contributed by atoms with Crippen molar-refractivity contribution in [1.29, 1.82) is 0 Å². The van der Waals surface area contributed by atoms with Crippen LogP contribution in [0.15, 0.2) is 42.0 Å². The van der Waals surface area contributed by atoms with E-state index in [-0.39, 0.29) is 11.3 Å². The molecule has 2 fully saturated rings. The third-order valence-electron chi connectivity index (χ3n) is 7.34. The van der Waals surface area contributed by atoms with E-state index < -0.39 is 17.7 Å². The number of aliphatic hydroxyl groups excluding tert-OH is 1. The summed E-state index contributed by atoms with van der Waals surface area (Å²) >= 11 is 0. The van der Waals surface area contributed by atoms with Crippen molar-refractivity contribution in [2.45, 2.75) is 40.2 Å². The van der Waals surface area contributed by atoms with Gasteiger partial charge in [-0.1, -0.05) is 19.9 Å². The van der Waals surface area contributed by atoms with Crippen LogP contribution in [0.1, 0.15) is 49.9 Å². The van der Waals surface area contributed by atoms with Crippen molar-refractivity contribution in [3.63, 3.8) is 0 Å². The molecule has 2 aliphatic rings. The minimum atomic E-state index is -0.776. The Bertz CT molecular complexity index is 1270. The number of morpholine rings is 1. The van der Waals surface area contributed by atoms with E-state index in [0.717, 1.165) is 25.2 Å². The molecular formula is C32H42N2O7. The third kappa shape index (κ3) is 7.02. The van der Waals surface area contributed by atoms with E-state index in [2.05, 4.69) is 18.7 Å². The standard InChI is InChI=1S/C32H42N2O7/c1-6-40-26-11-8-23(19-27(26)38-5)29-28(30(35)24-9-10-25(22(4)18-24)41-20-21(2)3)31(36)32(37)34(29)13-7-12-33-14-16-39-17-15-33/h8-11,18-19,21,29,35H,6-7,12-17,20H2,1-5H3/b30-28-. The van der Waals surface area contributed by atoms with E-state index in [0.29, 0.717) is 73.7 Å². The highest BCUT2D eigenvalue weighted by Crippen LogP contribution is 2.42. The zero-order chi connectivity index (χ0) is 29.5. The van der Waals surface area contributed by atoms with Crippen LogP contribution in [0.25, 0.3) is 5.76 Å². The number of carbonyl (C=O) groups is 2. The molecule has 1 unspecified atom stereocenters. The number of likely N-dealkylation sites (tertiary alicyclic amines) is 1. The van der Waals surface area contributed by atoms with Crippen LogP contribution in [0, 0.1) is 12.8 Å². The second kappa shape index (κ2) is 13.9. The predicted molar refractivity (Wildman–Crippen MR) is 157 cm³/mol. The summed E-state index contributed by atoms with van der Waals surface area (Å²) in [5, 5.41) is 11.5. The van der Waals surface area contributed by atoms with Crippen molar-refractivity contribution in [2.75, 3.05) is 59.7 Å². The Hall–Kier alpha value is -3.56. The Balaban J connectivity index is 1.71. The lowest BCUT2D eigenvalue weighted by atomic mass is 9.94. The highest BCUT2D eigenvalue weighted by molar-refractivity contribution is 6.46. The molecule has 222 valence electrons. The Kier molecular flexibility index (Phi) is 10.3. The van der Waals surface area contributed by atoms with E-state index in [1.165, 1.54) is 0 Å². The number of methoxy groups -OCH3 is 1. The lowest BCUT2D eigenvalue weighted by molar-refractivity contribution is -0.140. The highest BCUT2D eigenvalue weighted by atomic mass is 16.5. The number of Topliss-reactive ketones (excluding diaryl/α,β-unsaturated/α-hetero) is 1. The molecule has 9 nitrogen and oxygen atoms in total. The summed E-state index contributed by atoms with van der Waals surface area (Å²) in [6.07, 6.45) is 0.679. The fraction of sp³-hybridized carbons (Fsp3) is 0.500. The van der Waals surface area contributed by atoms with Crippen LogP contribution in [0.3, 0.4) is 0 Å². The number of amides is 1. The summed E-state index contributed by atoms with van der Waals surface area (Å²) in [5.74, 6) is 0.598. The fourth-order valence-corrected chi connectivity index (χ4v) is 5.25. The zero-order valence-corrected chi connectivity index (χ0v) is 24.8. The number of ether oxygens (including phenoxy) is 4. The first-order valence-electron chi connectivity index (χ1n) is 14.4. The van der Waals surface area contributed by atoms with E-state index >= 15 is 0 Å². The molecule has 2 aromatic rings. The summed E-state index contributed by atoms with van der Waals surface area (Å²) in [7, 11) is 1.55. The molecule has 2 heterocycles. The van der Waals surface area contributed by atoms with Gasteiger partial charge in [0.05, 0.1) is 45.2 Å². The Labute approximate surface area is 242 Å². The second-order valence-corrected chi connectivity index (χ2v) is 10.8. The lowest BCUT2D eigenvalue weighted by Crippen LogP contribution is -2.39. The number of nitrogens with zero attached hydrogens (tertiary/aromatic N) is 2. The van der Waals surface area contributed by atoms with Crippen LogP contribution in [0.2, 0.25) is 0 Å².